The van der Waals surface area contributed by atoms with E-state index >= 15 is 0 Å². The first-order valence-corrected chi connectivity index (χ1v) is 10.7. The number of carboxylic acid groups (broad SMARTS) is 1. The number of nitrogens with zero attached hydrogens (tertiary/aromatic N) is 1. The monoisotopic (exact) mass is 420 g/mol. The second-order valence-corrected chi connectivity index (χ2v) is 8.41. The minimum Gasteiger partial charge on any atom is -0.481 e. The number of carboxylic acids is 1. The molecule has 6 heteroatoms. The highest BCUT2D eigenvalue weighted by molar-refractivity contribution is 5.97. The molecule has 0 fully saturated rings. The van der Waals surface area contributed by atoms with Gasteiger partial charge in [-0.3, -0.25) is 4.79 Å². The van der Waals surface area contributed by atoms with Crippen molar-refractivity contribution in [2.45, 2.75) is 52.0 Å². The number of nitrogens with two attached hydrogens (primary N) is 1. The zero-order chi connectivity index (χ0) is 22.1. The molecule has 1 unspecified atom stereocenters. The van der Waals surface area contributed by atoms with Crippen molar-refractivity contribution in [3.8, 4) is 5.75 Å². The zero-order valence-electron chi connectivity index (χ0n) is 18.0. The fourth-order valence-corrected chi connectivity index (χ4v) is 4.75. The summed E-state index contributed by atoms with van der Waals surface area (Å²) in [4.78, 5) is 23.6. The second-order valence-electron chi connectivity index (χ2n) is 8.41. The highest BCUT2D eigenvalue weighted by atomic mass is 16.5. The number of primary amides is 1. The van der Waals surface area contributed by atoms with Gasteiger partial charge in [-0.15, -0.1) is 0 Å². The number of hydrogen-bond donors (Lipinski definition) is 2. The van der Waals surface area contributed by atoms with Gasteiger partial charge in [0.15, 0.2) is 6.61 Å². The Morgan fingerprint density at radius 1 is 1.19 bits per heavy atom. The molecule has 0 saturated heterocycles. The molecular formula is C25H28N2O4. The molecule has 6 nitrogen and oxygen atoms in total. The van der Waals surface area contributed by atoms with Gasteiger partial charge in [-0.05, 0) is 61.9 Å². The van der Waals surface area contributed by atoms with Gasteiger partial charge in [0.05, 0.1) is 11.4 Å². The predicted octanol–water partition coefficient (Wildman–Crippen LogP) is 4.07. The molecule has 162 valence electrons. The summed E-state index contributed by atoms with van der Waals surface area (Å²) in [5.74, 6) is -1.30. The Kier molecular flexibility index (Phi) is 5.72. The number of benzene rings is 2. The van der Waals surface area contributed by atoms with E-state index < -0.39 is 18.5 Å². The Morgan fingerprint density at radius 3 is 2.74 bits per heavy atom. The van der Waals surface area contributed by atoms with E-state index in [4.69, 9.17) is 15.6 Å². The van der Waals surface area contributed by atoms with Crippen LogP contribution in [0.15, 0.2) is 36.4 Å². The zero-order valence-corrected chi connectivity index (χ0v) is 18.0. The van der Waals surface area contributed by atoms with Crippen LogP contribution in [-0.4, -0.2) is 28.2 Å². The number of aromatic nitrogens is 1. The van der Waals surface area contributed by atoms with Gasteiger partial charge in [0.1, 0.15) is 5.75 Å². The standard InChI is InChI=1S/C25H28N2O4/c1-15-10-11-16(2)17(12-15)13-27-19-7-4-3-6-18(25(26)30)23(19)24-20(27)8-5-9-21(24)31-14-22(28)29/h5,8-12,18H,3-4,6-7,13-14H2,1-2H3,(H2,26,30)(H,28,29). The number of rotatable bonds is 6. The Bertz CT molecular complexity index is 1160. The molecule has 4 rings (SSSR count). The van der Waals surface area contributed by atoms with Crippen molar-refractivity contribution in [2.24, 2.45) is 5.73 Å². The molecule has 1 aliphatic carbocycles. The van der Waals surface area contributed by atoms with Crippen molar-refractivity contribution in [1.29, 1.82) is 0 Å². The molecule has 2 aromatic carbocycles. The smallest absolute Gasteiger partial charge is 0.341 e. The first-order valence-electron chi connectivity index (χ1n) is 10.7. The number of aliphatic carboxylic acids is 1. The molecular weight excluding hydrogens is 392 g/mol. The maximum absolute atomic E-state index is 12.4. The van der Waals surface area contributed by atoms with E-state index in [-0.39, 0.29) is 5.91 Å². The van der Waals surface area contributed by atoms with Gasteiger partial charge in [-0.25, -0.2) is 4.79 Å². The lowest BCUT2D eigenvalue weighted by molar-refractivity contribution is -0.139. The Labute approximate surface area is 181 Å². The maximum atomic E-state index is 12.4. The van der Waals surface area contributed by atoms with Crippen LogP contribution in [-0.2, 0) is 22.6 Å². The lowest BCUT2D eigenvalue weighted by Gasteiger charge is -2.15. The normalized spacial score (nSPS) is 16.0. The van der Waals surface area contributed by atoms with Crippen LogP contribution in [0.5, 0.6) is 5.75 Å². The average molecular weight is 421 g/mol. The van der Waals surface area contributed by atoms with Gasteiger partial charge in [0, 0.05) is 17.6 Å². The maximum Gasteiger partial charge on any atom is 0.341 e. The van der Waals surface area contributed by atoms with E-state index in [1.54, 1.807) is 6.07 Å². The van der Waals surface area contributed by atoms with Crippen LogP contribution in [0.3, 0.4) is 0 Å². The molecule has 1 amide bonds. The molecule has 1 heterocycles. The van der Waals surface area contributed by atoms with Gasteiger partial charge in [0.2, 0.25) is 5.91 Å². The lowest BCUT2D eigenvalue weighted by atomic mass is 9.92. The van der Waals surface area contributed by atoms with Crippen LogP contribution in [0, 0.1) is 13.8 Å². The van der Waals surface area contributed by atoms with E-state index in [9.17, 15) is 9.59 Å². The first kappa shape index (κ1) is 21.0. The molecule has 3 N–H and O–H groups in total. The van der Waals surface area contributed by atoms with Crippen molar-refractivity contribution >= 4 is 22.8 Å². The summed E-state index contributed by atoms with van der Waals surface area (Å²) in [6.07, 6.45) is 3.44. The Morgan fingerprint density at radius 2 is 2.00 bits per heavy atom. The summed E-state index contributed by atoms with van der Waals surface area (Å²) < 4.78 is 7.92. The highest BCUT2D eigenvalue weighted by Crippen LogP contribution is 2.42. The number of fused-ring (bicyclic) bond motifs is 3. The quantitative estimate of drug-likeness (QED) is 0.588. The minimum atomic E-state index is -1.04. The third-order valence-corrected chi connectivity index (χ3v) is 6.23. The number of hydrogen-bond acceptors (Lipinski definition) is 3. The summed E-state index contributed by atoms with van der Waals surface area (Å²) >= 11 is 0. The highest BCUT2D eigenvalue weighted by Gasteiger charge is 2.31. The molecule has 31 heavy (non-hydrogen) atoms. The Hall–Kier alpha value is -3.28. The Balaban J connectivity index is 1.96. The number of carbonyl (C=O) groups excluding carboxylic acids is 1. The summed E-state index contributed by atoms with van der Waals surface area (Å²) in [5.41, 5.74) is 12.4. The van der Waals surface area contributed by atoms with E-state index in [0.717, 1.165) is 41.4 Å². The molecule has 3 aromatic rings. The van der Waals surface area contributed by atoms with E-state index in [1.807, 2.05) is 12.1 Å². The first-order chi connectivity index (χ1) is 14.9. The number of amides is 1. The lowest BCUT2D eigenvalue weighted by Crippen LogP contribution is -2.21. The van der Waals surface area contributed by atoms with Gasteiger partial charge in [-0.2, -0.15) is 0 Å². The molecule has 0 aliphatic heterocycles. The van der Waals surface area contributed by atoms with Crippen LogP contribution in [0.1, 0.15) is 53.1 Å². The molecule has 1 aliphatic rings. The van der Waals surface area contributed by atoms with Crippen LogP contribution < -0.4 is 10.5 Å². The number of ether oxygens (including phenoxy) is 1. The fourth-order valence-electron chi connectivity index (χ4n) is 4.75. The third kappa shape index (κ3) is 4.02. The molecule has 0 spiro atoms. The molecule has 0 radical (unpaired) electrons. The van der Waals surface area contributed by atoms with Gasteiger partial charge < -0.3 is 20.1 Å². The summed E-state index contributed by atoms with van der Waals surface area (Å²) in [5, 5.41) is 9.94. The summed E-state index contributed by atoms with van der Waals surface area (Å²) in [6, 6.07) is 12.1. The van der Waals surface area contributed by atoms with Crippen molar-refractivity contribution in [2.75, 3.05) is 6.61 Å². The van der Waals surface area contributed by atoms with Crippen molar-refractivity contribution < 1.29 is 19.4 Å². The molecule has 1 aromatic heterocycles. The van der Waals surface area contributed by atoms with E-state index in [0.29, 0.717) is 18.7 Å². The topological polar surface area (TPSA) is 94.6 Å². The molecule has 1 atom stereocenters. The van der Waals surface area contributed by atoms with Crippen LogP contribution in [0.25, 0.3) is 10.9 Å². The van der Waals surface area contributed by atoms with Crippen molar-refractivity contribution in [3.05, 3.63) is 64.3 Å². The summed E-state index contributed by atoms with van der Waals surface area (Å²) in [6.45, 7) is 4.43. The SMILES string of the molecule is Cc1ccc(C)c(Cn2c3c(c4c(OCC(=O)O)cccc42)C(C(N)=O)CCCC3)c1. The largest absolute Gasteiger partial charge is 0.481 e. The fraction of sp³-hybridized carbons (Fsp3) is 0.360. The summed E-state index contributed by atoms with van der Waals surface area (Å²) in [7, 11) is 0. The van der Waals surface area contributed by atoms with E-state index in [2.05, 4.69) is 36.6 Å². The minimum absolute atomic E-state index is 0.345. The number of carbonyl (C=O) groups is 2. The van der Waals surface area contributed by atoms with Crippen molar-refractivity contribution in [1.82, 2.24) is 4.57 Å². The third-order valence-electron chi connectivity index (χ3n) is 6.23. The predicted molar refractivity (Wildman–Crippen MR) is 120 cm³/mol. The van der Waals surface area contributed by atoms with Crippen LogP contribution >= 0.6 is 0 Å². The second kappa shape index (κ2) is 8.46. The molecule has 0 bridgehead atoms. The van der Waals surface area contributed by atoms with Crippen molar-refractivity contribution in [3.63, 3.8) is 0 Å². The average Bonchev–Trinajstić information content (AvgIpc) is 2.88. The molecule has 0 saturated carbocycles. The van der Waals surface area contributed by atoms with Gasteiger partial charge >= 0.3 is 5.97 Å². The number of aryl methyl sites for hydroxylation is 2. The van der Waals surface area contributed by atoms with Crippen LogP contribution in [0.2, 0.25) is 0 Å². The van der Waals surface area contributed by atoms with Gasteiger partial charge in [-0.1, -0.05) is 36.2 Å². The van der Waals surface area contributed by atoms with E-state index in [1.165, 1.54) is 16.7 Å². The van der Waals surface area contributed by atoms with Crippen LogP contribution in [0.4, 0.5) is 0 Å². The van der Waals surface area contributed by atoms with Gasteiger partial charge in [0.25, 0.3) is 0 Å².